The number of aliphatic hydroxyl groups is 1. The average Bonchev–Trinajstić information content (AvgIpc) is 2.58. The van der Waals surface area contributed by atoms with Crippen molar-refractivity contribution in [1.29, 1.82) is 0 Å². The van der Waals surface area contributed by atoms with E-state index in [0.29, 0.717) is 32.0 Å². The van der Waals surface area contributed by atoms with Gasteiger partial charge in [-0.1, -0.05) is 30.3 Å². The van der Waals surface area contributed by atoms with E-state index < -0.39 is 17.8 Å². The van der Waals surface area contributed by atoms with Crippen LogP contribution in [0.25, 0.3) is 0 Å². The van der Waals surface area contributed by atoms with Crippen LogP contribution in [0.2, 0.25) is 0 Å². The van der Waals surface area contributed by atoms with E-state index in [2.05, 4.69) is 20.9 Å². The minimum absolute atomic E-state index is 0.320. The molecule has 4 N–H and O–H groups in total. The van der Waals surface area contributed by atoms with Crippen LogP contribution in [0.4, 0.5) is 4.79 Å². The molecule has 0 heterocycles. The van der Waals surface area contributed by atoms with Gasteiger partial charge in [-0.15, -0.1) is 0 Å². The molecule has 0 aliphatic carbocycles. The molecule has 0 aliphatic heterocycles. The van der Waals surface area contributed by atoms with Crippen molar-refractivity contribution in [2.24, 2.45) is 4.99 Å². The fourth-order valence-corrected chi connectivity index (χ4v) is 2.29. The number of ether oxygens (including phenoxy) is 1. The maximum Gasteiger partial charge on any atom is 0.407 e. The van der Waals surface area contributed by atoms with Crippen LogP contribution in [0.5, 0.6) is 0 Å². The molecule has 0 radical (unpaired) electrons. The molecule has 1 aromatic carbocycles. The first-order valence-electron chi connectivity index (χ1n) is 9.51. The highest BCUT2D eigenvalue weighted by molar-refractivity contribution is 5.79. The summed E-state index contributed by atoms with van der Waals surface area (Å²) in [5, 5.41) is 19.2. The smallest absolute Gasteiger partial charge is 0.407 e. The molecule has 0 aliphatic rings. The second-order valence-electron chi connectivity index (χ2n) is 7.27. The summed E-state index contributed by atoms with van der Waals surface area (Å²) in [4.78, 5) is 16.0. The predicted octanol–water partition coefficient (Wildman–Crippen LogP) is 2.06. The van der Waals surface area contributed by atoms with E-state index in [1.165, 1.54) is 0 Å². The van der Waals surface area contributed by atoms with Gasteiger partial charge in [0.25, 0.3) is 0 Å². The second-order valence-corrected chi connectivity index (χ2v) is 7.27. The van der Waals surface area contributed by atoms with Gasteiger partial charge in [-0.2, -0.15) is 0 Å². The molecule has 1 rings (SSSR count). The van der Waals surface area contributed by atoms with Gasteiger partial charge in [0.2, 0.25) is 0 Å². The Bertz CT molecular complexity index is 570. The van der Waals surface area contributed by atoms with Crippen molar-refractivity contribution < 1.29 is 14.6 Å². The zero-order valence-corrected chi connectivity index (χ0v) is 16.9. The summed E-state index contributed by atoms with van der Waals surface area (Å²) in [6.45, 7) is 9.70. The minimum Gasteiger partial charge on any atom is -0.444 e. The standard InChI is InChI=1S/C20H34N4O3/c1-5-21-18(22-12-9-13-23-19(26)27-20(2,3)4)24-15-17(25)14-16-10-7-6-8-11-16/h6-8,10-11,17,25H,5,9,12-15H2,1-4H3,(H,23,26)(H2,21,22,24). The highest BCUT2D eigenvalue weighted by Crippen LogP contribution is 2.06. The third kappa shape index (κ3) is 11.9. The number of guanidine groups is 1. The topological polar surface area (TPSA) is 95.0 Å². The van der Waals surface area contributed by atoms with Crippen LogP contribution in [0.15, 0.2) is 35.3 Å². The number of aliphatic hydroxyl groups excluding tert-OH is 1. The fourth-order valence-electron chi connectivity index (χ4n) is 2.29. The summed E-state index contributed by atoms with van der Waals surface area (Å²) in [5.41, 5.74) is 0.597. The molecule has 0 bridgehead atoms. The SMILES string of the molecule is CCNC(=NCC(O)Cc1ccccc1)NCCCNC(=O)OC(C)(C)C. The molecule has 0 saturated carbocycles. The van der Waals surface area contributed by atoms with Crippen LogP contribution in [0.1, 0.15) is 39.7 Å². The van der Waals surface area contributed by atoms with Gasteiger partial charge >= 0.3 is 6.09 Å². The molecule has 0 fully saturated rings. The quantitative estimate of drug-likeness (QED) is 0.300. The summed E-state index contributed by atoms with van der Waals surface area (Å²) in [7, 11) is 0. The predicted molar refractivity (Wildman–Crippen MR) is 109 cm³/mol. The number of carbonyl (C=O) groups is 1. The highest BCUT2D eigenvalue weighted by Gasteiger charge is 2.15. The number of amides is 1. The van der Waals surface area contributed by atoms with Gasteiger partial charge in [0.05, 0.1) is 12.6 Å². The number of carbonyl (C=O) groups excluding carboxylic acids is 1. The van der Waals surface area contributed by atoms with E-state index in [0.717, 1.165) is 18.5 Å². The number of rotatable bonds is 9. The molecule has 1 atom stereocenters. The van der Waals surface area contributed by atoms with Gasteiger partial charge in [0, 0.05) is 26.1 Å². The van der Waals surface area contributed by atoms with E-state index in [1.807, 2.05) is 58.0 Å². The first-order chi connectivity index (χ1) is 12.8. The largest absolute Gasteiger partial charge is 0.444 e. The molecule has 1 unspecified atom stereocenters. The van der Waals surface area contributed by atoms with Crippen molar-refractivity contribution in [1.82, 2.24) is 16.0 Å². The molecule has 0 saturated heterocycles. The zero-order chi connectivity index (χ0) is 20.1. The van der Waals surface area contributed by atoms with Crippen molar-refractivity contribution >= 4 is 12.1 Å². The first kappa shape index (κ1) is 22.8. The monoisotopic (exact) mass is 378 g/mol. The van der Waals surface area contributed by atoms with Crippen LogP contribution < -0.4 is 16.0 Å². The zero-order valence-electron chi connectivity index (χ0n) is 16.9. The molecule has 7 heteroatoms. The Morgan fingerprint density at radius 3 is 2.44 bits per heavy atom. The molecule has 1 aromatic rings. The lowest BCUT2D eigenvalue weighted by molar-refractivity contribution is 0.0527. The maximum atomic E-state index is 11.6. The summed E-state index contributed by atoms with van der Waals surface area (Å²) in [6, 6.07) is 9.87. The molecule has 0 aromatic heterocycles. The Hall–Kier alpha value is -2.28. The van der Waals surface area contributed by atoms with Gasteiger partial charge in [-0.25, -0.2) is 4.79 Å². The summed E-state index contributed by atoms with van der Waals surface area (Å²) < 4.78 is 5.18. The molecule has 1 amide bonds. The van der Waals surface area contributed by atoms with Gasteiger partial charge in [0.15, 0.2) is 5.96 Å². The normalized spacial score (nSPS) is 13.0. The number of benzene rings is 1. The lowest BCUT2D eigenvalue weighted by Crippen LogP contribution is -2.39. The Balaban J connectivity index is 2.29. The summed E-state index contributed by atoms with van der Waals surface area (Å²) in [5.74, 6) is 0.655. The Morgan fingerprint density at radius 2 is 1.81 bits per heavy atom. The van der Waals surface area contributed by atoms with Gasteiger partial charge in [-0.05, 0) is 39.7 Å². The van der Waals surface area contributed by atoms with Crippen LogP contribution in [-0.4, -0.2) is 55.0 Å². The molecule has 152 valence electrons. The van der Waals surface area contributed by atoms with E-state index in [9.17, 15) is 9.90 Å². The van der Waals surface area contributed by atoms with E-state index in [4.69, 9.17) is 4.74 Å². The maximum absolute atomic E-state index is 11.6. The van der Waals surface area contributed by atoms with Crippen molar-refractivity contribution in [3.63, 3.8) is 0 Å². The summed E-state index contributed by atoms with van der Waals surface area (Å²) >= 11 is 0. The van der Waals surface area contributed by atoms with Crippen molar-refractivity contribution in [2.75, 3.05) is 26.2 Å². The minimum atomic E-state index is -0.531. The summed E-state index contributed by atoms with van der Waals surface area (Å²) in [6.07, 6.45) is 0.364. The molecule has 27 heavy (non-hydrogen) atoms. The Morgan fingerprint density at radius 1 is 1.15 bits per heavy atom. The first-order valence-corrected chi connectivity index (χ1v) is 9.51. The van der Waals surface area contributed by atoms with Gasteiger partial charge in [-0.3, -0.25) is 4.99 Å². The lowest BCUT2D eigenvalue weighted by atomic mass is 10.1. The highest BCUT2D eigenvalue weighted by atomic mass is 16.6. The number of aliphatic imine (C=N–C) groups is 1. The van der Waals surface area contributed by atoms with Crippen molar-refractivity contribution in [2.45, 2.75) is 52.2 Å². The van der Waals surface area contributed by atoms with E-state index in [1.54, 1.807) is 0 Å². The third-order valence-electron chi connectivity index (χ3n) is 3.43. The molecule has 0 spiro atoms. The van der Waals surface area contributed by atoms with Crippen LogP contribution in [0.3, 0.4) is 0 Å². The van der Waals surface area contributed by atoms with Crippen molar-refractivity contribution in [3.05, 3.63) is 35.9 Å². The van der Waals surface area contributed by atoms with Gasteiger partial charge in [0.1, 0.15) is 5.60 Å². The van der Waals surface area contributed by atoms with Crippen molar-refractivity contribution in [3.8, 4) is 0 Å². The second kappa shape index (κ2) is 12.2. The van der Waals surface area contributed by atoms with Gasteiger partial charge < -0.3 is 25.8 Å². The van der Waals surface area contributed by atoms with E-state index >= 15 is 0 Å². The molecular weight excluding hydrogens is 344 g/mol. The third-order valence-corrected chi connectivity index (χ3v) is 3.43. The number of nitrogens with one attached hydrogen (secondary N) is 3. The number of nitrogens with zero attached hydrogens (tertiary/aromatic N) is 1. The molecular formula is C20H34N4O3. The van der Waals surface area contributed by atoms with Crippen LogP contribution in [-0.2, 0) is 11.2 Å². The molecule has 7 nitrogen and oxygen atoms in total. The number of hydrogen-bond donors (Lipinski definition) is 4. The Labute approximate surface area is 162 Å². The number of alkyl carbamates (subject to hydrolysis) is 1. The lowest BCUT2D eigenvalue weighted by Gasteiger charge is -2.19. The Kier molecular flexibility index (Phi) is 10.3. The fraction of sp³-hybridized carbons (Fsp3) is 0.600. The van der Waals surface area contributed by atoms with E-state index in [-0.39, 0.29) is 0 Å². The average molecular weight is 379 g/mol. The van der Waals surface area contributed by atoms with Crippen LogP contribution in [0, 0.1) is 0 Å². The number of hydrogen-bond acceptors (Lipinski definition) is 4. The van der Waals surface area contributed by atoms with Crippen LogP contribution >= 0.6 is 0 Å².